The molecule has 2 heterocycles. The summed E-state index contributed by atoms with van der Waals surface area (Å²) < 4.78 is 23.9. The van der Waals surface area contributed by atoms with Crippen molar-refractivity contribution < 1.29 is 13.9 Å². The van der Waals surface area contributed by atoms with E-state index in [2.05, 4.69) is 118 Å². The van der Waals surface area contributed by atoms with Gasteiger partial charge in [-0.15, -0.1) is 0 Å². The van der Waals surface area contributed by atoms with E-state index in [9.17, 15) is 0 Å². The summed E-state index contributed by atoms with van der Waals surface area (Å²) in [6.07, 6.45) is 9.81. The average Bonchev–Trinajstić information content (AvgIpc) is 3.74. The fraction of sp³-hybridized carbons (Fsp3) is 0.500. The summed E-state index contributed by atoms with van der Waals surface area (Å²) in [6, 6.07) is 22.7. The molecule has 5 rings (SSSR count). The van der Waals surface area contributed by atoms with Gasteiger partial charge in [0.1, 0.15) is 0 Å². The molecule has 0 bridgehead atoms. The third-order valence-electron chi connectivity index (χ3n) is 10.3. The van der Waals surface area contributed by atoms with Crippen LogP contribution in [0.3, 0.4) is 0 Å². The molecular formula is C44H62O3SSn2. The van der Waals surface area contributed by atoms with E-state index in [1.165, 1.54) is 80.0 Å². The Labute approximate surface area is 315 Å². The van der Waals surface area contributed by atoms with E-state index < -0.39 is 36.8 Å². The molecule has 0 saturated carbocycles. The van der Waals surface area contributed by atoms with Gasteiger partial charge >= 0.3 is 264 Å². The van der Waals surface area contributed by atoms with Crippen molar-refractivity contribution in [2.75, 3.05) is 13.2 Å². The molecule has 2 atom stereocenters. The Morgan fingerprint density at radius 1 is 0.620 bits per heavy atom. The van der Waals surface area contributed by atoms with Gasteiger partial charge in [-0.1, -0.05) is 53.4 Å². The molecule has 270 valence electrons. The summed E-state index contributed by atoms with van der Waals surface area (Å²) >= 11 is -2.96. The molecule has 2 unspecified atom stereocenters. The number of hydrogen-bond donors (Lipinski definition) is 0. The van der Waals surface area contributed by atoms with Crippen LogP contribution in [-0.2, 0) is 0 Å². The van der Waals surface area contributed by atoms with Gasteiger partial charge in [-0.25, -0.2) is 0 Å². The van der Waals surface area contributed by atoms with Crippen LogP contribution in [0.25, 0.3) is 43.3 Å². The predicted molar refractivity (Wildman–Crippen MR) is 226 cm³/mol. The molecule has 3 nitrogen and oxygen atoms in total. The summed E-state index contributed by atoms with van der Waals surface area (Å²) in [5, 5.41) is 2.57. The van der Waals surface area contributed by atoms with Crippen LogP contribution in [0.15, 0.2) is 65.1 Å². The van der Waals surface area contributed by atoms with Crippen LogP contribution in [-0.4, -0.2) is 50.0 Å². The van der Waals surface area contributed by atoms with Crippen molar-refractivity contribution in [3.05, 3.63) is 60.7 Å². The SMILES string of the molecule is CCCCC(CC)COc1ccc(-c2c3c[c]([Sn]([CH3])([CH3])[CH3])sc3c(-c3ccc(OCC(CC)CCCC)cc3)c3c[c]([Sn]([CH3])([CH3])[CH3])oc23)cc1. The zero-order valence-corrected chi connectivity index (χ0v) is 39.2. The molecule has 5 aromatic rings. The molecule has 3 aromatic carbocycles. The number of ether oxygens (including phenoxy) is 2. The molecule has 0 aliphatic carbocycles. The van der Waals surface area contributed by atoms with Crippen molar-refractivity contribution in [3.8, 4) is 33.8 Å². The van der Waals surface area contributed by atoms with Gasteiger partial charge in [0, 0.05) is 0 Å². The van der Waals surface area contributed by atoms with Crippen molar-refractivity contribution in [3.63, 3.8) is 0 Å². The molecule has 0 radical (unpaired) electrons. The van der Waals surface area contributed by atoms with Gasteiger partial charge in [-0.3, -0.25) is 0 Å². The molecule has 6 heteroatoms. The summed E-state index contributed by atoms with van der Waals surface area (Å²) in [4.78, 5) is 14.9. The van der Waals surface area contributed by atoms with Crippen molar-refractivity contribution in [2.45, 2.75) is 109 Å². The molecular weight excluding hydrogens is 846 g/mol. The number of thiophene rings is 1. The van der Waals surface area contributed by atoms with E-state index in [1.54, 1.807) is 2.89 Å². The number of benzene rings is 3. The normalized spacial score (nSPS) is 13.6. The van der Waals surface area contributed by atoms with Crippen molar-refractivity contribution >= 4 is 75.8 Å². The van der Waals surface area contributed by atoms with Crippen LogP contribution in [0.5, 0.6) is 11.5 Å². The zero-order chi connectivity index (χ0) is 36.1. The van der Waals surface area contributed by atoms with Crippen LogP contribution >= 0.6 is 11.3 Å². The second kappa shape index (κ2) is 17.5. The Morgan fingerprint density at radius 3 is 1.56 bits per heavy atom. The molecule has 0 aliphatic rings. The van der Waals surface area contributed by atoms with Crippen molar-refractivity contribution in [1.82, 2.24) is 0 Å². The molecule has 0 N–H and O–H groups in total. The van der Waals surface area contributed by atoms with Crippen LogP contribution in [0.2, 0.25) is 29.6 Å². The fourth-order valence-corrected chi connectivity index (χ4v) is 16.0. The number of unbranched alkanes of at least 4 members (excludes halogenated alkanes) is 2. The van der Waals surface area contributed by atoms with Crippen LogP contribution in [0, 0.1) is 11.8 Å². The quantitative estimate of drug-likeness (QED) is 0.0821. The van der Waals surface area contributed by atoms with E-state index in [0.29, 0.717) is 11.8 Å². The molecule has 0 fully saturated rings. The summed E-state index contributed by atoms with van der Waals surface area (Å²) in [5.41, 5.74) is 6.02. The number of furan rings is 1. The minimum absolute atomic E-state index is 0.610. The van der Waals surface area contributed by atoms with Gasteiger partial charge in [-0.05, 0) is 0 Å². The van der Waals surface area contributed by atoms with Crippen LogP contribution in [0.1, 0.15) is 79.1 Å². The monoisotopic (exact) mass is 910 g/mol. The third kappa shape index (κ3) is 9.47. The molecule has 0 amide bonds. The third-order valence-corrected chi connectivity index (χ3v) is 25.8. The Balaban J connectivity index is 1.60. The maximum absolute atomic E-state index is 7.04. The van der Waals surface area contributed by atoms with Gasteiger partial charge in [0.2, 0.25) is 0 Å². The van der Waals surface area contributed by atoms with E-state index in [1.807, 2.05) is 11.3 Å². The number of rotatable bonds is 18. The van der Waals surface area contributed by atoms with Crippen LogP contribution < -0.4 is 16.1 Å². The zero-order valence-electron chi connectivity index (χ0n) is 32.6. The molecule has 0 aliphatic heterocycles. The van der Waals surface area contributed by atoms with Gasteiger partial charge in [0.05, 0.1) is 0 Å². The second-order valence-corrected chi connectivity index (χ2v) is 47.2. The number of fused-ring (bicyclic) bond motifs is 2. The van der Waals surface area contributed by atoms with Crippen molar-refractivity contribution in [1.29, 1.82) is 0 Å². The first-order valence-electron chi connectivity index (χ1n) is 19.4. The Morgan fingerprint density at radius 2 is 1.12 bits per heavy atom. The molecule has 0 spiro atoms. The first-order chi connectivity index (χ1) is 23.9. The molecule has 2 aromatic heterocycles. The first kappa shape index (κ1) is 39.6. The second-order valence-electron chi connectivity index (χ2n) is 16.5. The van der Waals surface area contributed by atoms with Gasteiger partial charge in [0.25, 0.3) is 0 Å². The topological polar surface area (TPSA) is 31.6 Å². The first-order valence-corrected chi connectivity index (χ1v) is 40.2. The van der Waals surface area contributed by atoms with E-state index in [4.69, 9.17) is 13.9 Å². The van der Waals surface area contributed by atoms with E-state index in [0.717, 1.165) is 43.1 Å². The van der Waals surface area contributed by atoms with E-state index in [-0.39, 0.29) is 0 Å². The van der Waals surface area contributed by atoms with Gasteiger partial charge in [-0.2, -0.15) is 0 Å². The molecule has 0 saturated heterocycles. The number of hydrogen-bond acceptors (Lipinski definition) is 4. The predicted octanol–water partition coefficient (Wildman–Crippen LogP) is 13.3. The molecule has 50 heavy (non-hydrogen) atoms. The Bertz CT molecular complexity index is 1630. The summed E-state index contributed by atoms with van der Waals surface area (Å²) in [6.45, 7) is 10.7. The van der Waals surface area contributed by atoms with Gasteiger partial charge in [0.15, 0.2) is 0 Å². The Hall–Kier alpha value is -1.64. The van der Waals surface area contributed by atoms with Crippen molar-refractivity contribution in [2.24, 2.45) is 11.8 Å². The Kier molecular flexibility index (Phi) is 13.8. The fourth-order valence-electron chi connectivity index (χ4n) is 6.74. The van der Waals surface area contributed by atoms with Gasteiger partial charge < -0.3 is 0 Å². The summed E-state index contributed by atoms with van der Waals surface area (Å²) in [5.74, 6) is 3.14. The van der Waals surface area contributed by atoms with Crippen LogP contribution in [0.4, 0.5) is 0 Å². The maximum atomic E-state index is 7.04. The minimum atomic E-state index is -2.57. The summed E-state index contributed by atoms with van der Waals surface area (Å²) in [7, 11) is 0. The standard InChI is InChI=1S/C38H44O3S.6CH3.2Sn/c1-5-9-11-27(7-3)25-40-31-17-13-29(14-18-31)35-34-22-24-42-38(34)36(33-21-23-39-37(33)35)30-15-19-32(20-16-30)41-26-28(8-4)12-10-6-2;;;;;;;;/h13-22,27-28H,5-12,25-26H2,1-4H3;6*1H3;;. The average molecular weight is 908 g/mol. The van der Waals surface area contributed by atoms with E-state index >= 15 is 0 Å².